The number of thiazole rings is 1. The first-order chi connectivity index (χ1) is 14.1. The van der Waals surface area contributed by atoms with Crippen LogP contribution in [0.4, 0.5) is 0 Å². The van der Waals surface area contributed by atoms with Gasteiger partial charge in [-0.3, -0.25) is 4.79 Å². The van der Waals surface area contributed by atoms with Gasteiger partial charge in [0, 0.05) is 13.0 Å². The van der Waals surface area contributed by atoms with Crippen LogP contribution in [0.3, 0.4) is 0 Å². The van der Waals surface area contributed by atoms with Gasteiger partial charge in [0.15, 0.2) is 5.76 Å². The number of carbonyl (C=O) groups excluding carboxylic acids is 1. The summed E-state index contributed by atoms with van der Waals surface area (Å²) in [5.41, 5.74) is 0.657. The molecule has 8 heteroatoms. The summed E-state index contributed by atoms with van der Waals surface area (Å²) in [6.07, 6.45) is 6.79. The first kappa shape index (κ1) is 19.4. The Morgan fingerprint density at radius 1 is 1.24 bits per heavy atom. The van der Waals surface area contributed by atoms with Crippen molar-refractivity contribution < 1.29 is 18.8 Å². The van der Waals surface area contributed by atoms with E-state index in [4.69, 9.17) is 14.0 Å². The van der Waals surface area contributed by atoms with Crippen molar-refractivity contribution in [1.82, 2.24) is 15.5 Å². The summed E-state index contributed by atoms with van der Waals surface area (Å²) >= 11 is 1.38. The van der Waals surface area contributed by atoms with Gasteiger partial charge in [-0.05, 0) is 56.9 Å². The van der Waals surface area contributed by atoms with Crippen LogP contribution < -0.4 is 14.8 Å². The molecule has 1 saturated carbocycles. The molecule has 152 valence electrons. The molecule has 0 saturated heterocycles. The molecule has 1 aliphatic rings. The number of nitrogens with zero attached hydrogens (tertiary/aromatic N) is 2. The standard InChI is InChI=1S/C21H23N3O4S/c1-13(23-14(2)25)19-11-18(24-28-19)20-12-22-21(29-20)27-17-9-7-16(8-10-17)26-15-5-3-4-6-15/h7-13,15H,3-6H2,1-2H3,(H,23,25). The number of hydrogen-bond donors (Lipinski definition) is 1. The highest BCUT2D eigenvalue weighted by Crippen LogP contribution is 2.34. The fraction of sp³-hybridized carbons (Fsp3) is 0.381. The highest BCUT2D eigenvalue weighted by Gasteiger charge is 2.17. The summed E-state index contributed by atoms with van der Waals surface area (Å²) < 4.78 is 17.2. The summed E-state index contributed by atoms with van der Waals surface area (Å²) in [5.74, 6) is 2.03. The quantitative estimate of drug-likeness (QED) is 0.579. The van der Waals surface area contributed by atoms with Gasteiger partial charge < -0.3 is 19.3 Å². The van der Waals surface area contributed by atoms with E-state index < -0.39 is 0 Å². The summed E-state index contributed by atoms with van der Waals surface area (Å²) in [6, 6.07) is 9.17. The zero-order valence-corrected chi connectivity index (χ0v) is 17.2. The SMILES string of the molecule is CC(=O)NC(C)c1cc(-c2cnc(Oc3ccc(OC4CCCC4)cc3)s2)no1. The summed E-state index contributed by atoms with van der Waals surface area (Å²) in [7, 11) is 0. The lowest BCUT2D eigenvalue weighted by molar-refractivity contribution is -0.119. The molecule has 0 spiro atoms. The lowest BCUT2D eigenvalue weighted by Gasteiger charge is -2.13. The van der Waals surface area contributed by atoms with E-state index in [2.05, 4.69) is 15.5 Å². The second kappa shape index (κ2) is 8.65. The second-order valence-corrected chi connectivity index (χ2v) is 8.12. The van der Waals surface area contributed by atoms with Gasteiger partial charge in [-0.15, -0.1) is 0 Å². The van der Waals surface area contributed by atoms with Crippen molar-refractivity contribution >= 4 is 17.2 Å². The van der Waals surface area contributed by atoms with Gasteiger partial charge in [-0.25, -0.2) is 4.98 Å². The van der Waals surface area contributed by atoms with Gasteiger partial charge in [-0.2, -0.15) is 0 Å². The third-order valence-electron chi connectivity index (χ3n) is 4.75. The summed E-state index contributed by atoms with van der Waals surface area (Å²) in [4.78, 5) is 16.3. The fourth-order valence-corrected chi connectivity index (χ4v) is 4.03. The topological polar surface area (TPSA) is 86.5 Å². The molecule has 29 heavy (non-hydrogen) atoms. The molecule has 4 rings (SSSR count). The Balaban J connectivity index is 1.38. The molecule has 1 atom stereocenters. The van der Waals surface area contributed by atoms with Crippen LogP contribution in [0.25, 0.3) is 10.6 Å². The molecule has 3 aromatic rings. The van der Waals surface area contributed by atoms with Crippen LogP contribution in [-0.2, 0) is 4.79 Å². The Kier molecular flexibility index (Phi) is 5.80. The molecule has 1 aromatic carbocycles. The minimum atomic E-state index is -0.248. The smallest absolute Gasteiger partial charge is 0.279 e. The van der Waals surface area contributed by atoms with E-state index in [1.165, 1.54) is 31.1 Å². The van der Waals surface area contributed by atoms with Crippen LogP contribution in [0, 0.1) is 0 Å². The van der Waals surface area contributed by atoms with Gasteiger partial charge in [0.25, 0.3) is 5.19 Å². The largest absolute Gasteiger partial charge is 0.490 e. The lowest BCUT2D eigenvalue weighted by atomic mass is 10.2. The monoisotopic (exact) mass is 413 g/mol. The van der Waals surface area contributed by atoms with Crippen LogP contribution in [0.5, 0.6) is 16.7 Å². The predicted molar refractivity (Wildman–Crippen MR) is 109 cm³/mol. The van der Waals surface area contributed by atoms with Crippen molar-refractivity contribution in [2.45, 2.75) is 51.7 Å². The highest BCUT2D eigenvalue weighted by molar-refractivity contribution is 7.16. The zero-order chi connectivity index (χ0) is 20.2. The second-order valence-electron chi connectivity index (χ2n) is 7.12. The van der Waals surface area contributed by atoms with E-state index in [1.54, 1.807) is 12.3 Å². The van der Waals surface area contributed by atoms with Gasteiger partial charge in [-0.1, -0.05) is 16.5 Å². The lowest BCUT2D eigenvalue weighted by Crippen LogP contribution is -2.23. The van der Waals surface area contributed by atoms with Gasteiger partial charge >= 0.3 is 0 Å². The Hall–Kier alpha value is -2.87. The van der Waals surface area contributed by atoms with Crippen molar-refractivity contribution in [3.63, 3.8) is 0 Å². The van der Waals surface area contributed by atoms with Crippen LogP contribution in [0.15, 0.2) is 41.1 Å². The highest BCUT2D eigenvalue weighted by atomic mass is 32.1. The molecule has 1 unspecified atom stereocenters. The van der Waals surface area contributed by atoms with Crippen molar-refractivity contribution in [3.05, 3.63) is 42.3 Å². The predicted octanol–water partition coefficient (Wildman–Crippen LogP) is 5.11. The molecular weight excluding hydrogens is 390 g/mol. The van der Waals surface area contributed by atoms with E-state index in [1.807, 2.05) is 31.2 Å². The van der Waals surface area contributed by atoms with Crippen LogP contribution in [-0.4, -0.2) is 22.2 Å². The van der Waals surface area contributed by atoms with Crippen molar-refractivity contribution in [3.8, 4) is 27.3 Å². The molecule has 2 aromatic heterocycles. The zero-order valence-electron chi connectivity index (χ0n) is 16.4. The van der Waals surface area contributed by atoms with Crippen LogP contribution in [0.1, 0.15) is 51.3 Å². The molecule has 1 amide bonds. The molecule has 1 fully saturated rings. The molecule has 1 N–H and O–H groups in total. The number of hydrogen-bond acceptors (Lipinski definition) is 7. The maximum Gasteiger partial charge on any atom is 0.279 e. The number of ether oxygens (including phenoxy) is 2. The number of benzene rings is 1. The number of rotatable bonds is 7. The number of carbonyl (C=O) groups is 1. The summed E-state index contributed by atoms with van der Waals surface area (Å²) in [6.45, 7) is 3.31. The maximum absolute atomic E-state index is 11.2. The molecule has 0 aliphatic heterocycles. The Morgan fingerprint density at radius 3 is 2.69 bits per heavy atom. The van der Waals surface area contributed by atoms with E-state index in [0.29, 0.717) is 28.5 Å². The minimum absolute atomic E-state index is 0.122. The maximum atomic E-state index is 11.2. The Morgan fingerprint density at radius 2 is 1.97 bits per heavy atom. The first-order valence-electron chi connectivity index (χ1n) is 9.71. The van der Waals surface area contributed by atoms with Gasteiger partial charge in [0.2, 0.25) is 5.91 Å². The third-order valence-corrected chi connectivity index (χ3v) is 5.64. The number of nitrogens with one attached hydrogen (secondary N) is 1. The van der Waals surface area contributed by atoms with Crippen molar-refractivity contribution in [1.29, 1.82) is 0 Å². The third kappa shape index (κ3) is 4.95. The molecule has 0 bridgehead atoms. The van der Waals surface area contributed by atoms with Crippen molar-refractivity contribution in [2.24, 2.45) is 0 Å². The molecule has 7 nitrogen and oxygen atoms in total. The van der Waals surface area contributed by atoms with E-state index in [0.717, 1.165) is 23.5 Å². The minimum Gasteiger partial charge on any atom is -0.490 e. The molecule has 1 aliphatic carbocycles. The van der Waals surface area contributed by atoms with Crippen LogP contribution in [0.2, 0.25) is 0 Å². The molecular formula is C21H23N3O4S. The Labute approximate surface area is 173 Å². The van der Waals surface area contributed by atoms with Crippen molar-refractivity contribution in [2.75, 3.05) is 0 Å². The normalized spacial score (nSPS) is 15.2. The number of amides is 1. The average molecular weight is 413 g/mol. The Bertz CT molecular complexity index is 960. The number of aromatic nitrogens is 2. The van der Waals surface area contributed by atoms with Crippen LogP contribution >= 0.6 is 11.3 Å². The summed E-state index contributed by atoms with van der Waals surface area (Å²) in [5, 5.41) is 7.35. The molecule has 0 radical (unpaired) electrons. The van der Waals surface area contributed by atoms with E-state index in [9.17, 15) is 4.79 Å². The van der Waals surface area contributed by atoms with Gasteiger partial charge in [0.1, 0.15) is 17.2 Å². The fourth-order valence-electron chi connectivity index (χ4n) is 3.29. The van der Waals surface area contributed by atoms with Gasteiger partial charge in [0.05, 0.1) is 23.2 Å². The molecule has 2 heterocycles. The average Bonchev–Trinajstić information content (AvgIpc) is 3.44. The van der Waals surface area contributed by atoms with E-state index in [-0.39, 0.29) is 11.9 Å². The first-order valence-corrected chi connectivity index (χ1v) is 10.5. The van der Waals surface area contributed by atoms with E-state index >= 15 is 0 Å².